The quantitative estimate of drug-likeness (QED) is 0.0502. The molecule has 0 radical (unpaired) electrons. The Morgan fingerprint density at radius 2 is 1.04 bits per heavy atom. The van der Waals surface area contributed by atoms with Crippen molar-refractivity contribution in [1.82, 2.24) is 4.90 Å². The number of aliphatic hydroxyl groups is 1. The molecule has 1 N–H and O–H groups in total. The van der Waals surface area contributed by atoms with Gasteiger partial charge in [-0.15, -0.1) is 0 Å². The Bertz CT molecular complexity index is 586. The molecule has 1 aliphatic rings. The van der Waals surface area contributed by atoms with E-state index < -0.39 is 0 Å². The number of aliphatic hydroxyl groups excluding tert-OH is 1. The second kappa shape index (κ2) is 34.7. The van der Waals surface area contributed by atoms with E-state index >= 15 is 0 Å². The van der Waals surface area contributed by atoms with Crippen molar-refractivity contribution in [3.05, 3.63) is 0 Å². The summed E-state index contributed by atoms with van der Waals surface area (Å²) >= 11 is 8.54. The normalized spacial score (nSPS) is 16.2. The van der Waals surface area contributed by atoms with Gasteiger partial charge in [-0.2, -0.15) is 47.0 Å². The fourth-order valence-corrected chi connectivity index (χ4v) is 10.5. The summed E-state index contributed by atoms with van der Waals surface area (Å²) < 4.78 is 13.3. The van der Waals surface area contributed by atoms with Gasteiger partial charge in [0.05, 0.1) is 12.7 Å². The molecule has 0 spiro atoms. The largest absolute Gasteiger partial charge is 0.396 e. The molecule has 0 saturated carbocycles. The fraction of sp³-hybridized carbons (Fsp3) is 1.00. The zero-order valence-electron chi connectivity index (χ0n) is 30.8. The molecule has 0 aliphatic carbocycles. The summed E-state index contributed by atoms with van der Waals surface area (Å²) in [6.45, 7) is 7.72. The van der Waals surface area contributed by atoms with Crippen molar-refractivity contribution >= 4 is 47.0 Å². The second-order valence-electron chi connectivity index (χ2n) is 13.5. The lowest BCUT2D eigenvalue weighted by atomic mass is 9.99. The maximum Gasteiger partial charge on any atom is 0.168 e. The van der Waals surface area contributed by atoms with Gasteiger partial charge >= 0.3 is 0 Å². The van der Waals surface area contributed by atoms with Crippen LogP contribution in [0.15, 0.2) is 0 Å². The van der Waals surface area contributed by atoms with E-state index in [0.717, 1.165) is 51.8 Å². The number of hydrogen-bond donors (Lipinski definition) is 1. The van der Waals surface area contributed by atoms with Crippen molar-refractivity contribution in [2.24, 2.45) is 0 Å². The predicted molar refractivity (Wildman–Crippen MR) is 215 cm³/mol. The predicted octanol–water partition coefficient (Wildman–Crippen LogP) is 11.9. The molecule has 0 aromatic carbocycles. The Morgan fingerprint density at radius 3 is 1.52 bits per heavy atom. The Hall–Kier alpha value is 1.24. The first-order valence-corrected chi connectivity index (χ1v) is 24.2. The first-order valence-electron chi connectivity index (χ1n) is 19.6. The highest BCUT2D eigenvalue weighted by atomic mass is 32.2. The van der Waals surface area contributed by atoms with Gasteiger partial charge in [0.2, 0.25) is 0 Å². The van der Waals surface area contributed by atoms with Gasteiger partial charge in [-0.1, -0.05) is 90.9 Å². The third kappa shape index (κ3) is 28.0. The van der Waals surface area contributed by atoms with Crippen molar-refractivity contribution in [1.29, 1.82) is 0 Å². The van der Waals surface area contributed by atoms with Crippen LogP contribution in [0.3, 0.4) is 0 Å². The van der Waals surface area contributed by atoms with E-state index in [0.29, 0.717) is 6.61 Å². The molecule has 0 bridgehead atoms. The third-order valence-corrected chi connectivity index (χ3v) is 14.0. The summed E-state index contributed by atoms with van der Waals surface area (Å²) in [5.74, 6) is 5.02. The van der Waals surface area contributed by atoms with Crippen LogP contribution in [-0.4, -0.2) is 88.4 Å². The average molecular weight is 724 g/mol. The molecular weight excluding hydrogens is 647 g/mol. The van der Waals surface area contributed by atoms with E-state index in [4.69, 9.17) is 14.6 Å². The van der Waals surface area contributed by atoms with Crippen molar-refractivity contribution in [3.63, 3.8) is 0 Å². The lowest BCUT2D eigenvalue weighted by Crippen LogP contribution is -2.32. The lowest BCUT2D eigenvalue weighted by molar-refractivity contribution is -0.180. The van der Waals surface area contributed by atoms with Gasteiger partial charge in [0, 0.05) is 36.2 Å². The first-order chi connectivity index (χ1) is 22.7. The van der Waals surface area contributed by atoms with Gasteiger partial charge in [0.1, 0.15) is 0 Å². The summed E-state index contributed by atoms with van der Waals surface area (Å²) in [4.78, 5) is 2.38. The van der Waals surface area contributed by atoms with E-state index in [9.17, 15) is 0 Å². The summed E-state index contributed by atoms with van der Waals surface area (Å²) in [6, 6.07) is 0. The van der Waals surface area contributed by atoms with E-state index in [2.05, 4.69) is 72.8 Å². The van der Waals surface area contributed by atoms with Gasteiger partial charge in [0.15, 0.2) is 5.79 Å². The van der Waals surface area contributed by atoms with Crippen LogP contribution in [0.25, 0.3) is 0 Å². The van der Waals surface area contributed by atoms with Crippen molar-refractivity contribution in [2.45, 2.75) is 173 Å². The first kappa shape index (κ1) is 45.3. The average Bonchev–Trinajstić information content (AvgIpc) is 3.47. The Balaban J connectivity index is 2.22. The van der Waals surface area contributed by atoms with Crippen LogP contribution in [0.5, 0.6) is 0 Å². The van der Waals surface area contributed by atoms with Gasteiger partial charge < -0.3 is 19.5 Å². The monoisotopic (exact) mass is 723 g/mol. The molecule has 1 rings (SSSR count). The van der Waals surface area contributed by atoms with Crippen LogP contribution in [0.1, 0.15) is 162 Å². The summed E-state index contributed by atoms with van der Waals surface area (Å²) in [5.41, 5.74) is 0. The standard InChI is InChI=1S/C38H77NO3S4/c1-4-6-20-30-43-35-45-32-22-14-10-8-12-16-25-38(41-34-37(42-38)24-28-39(3)27-18-19-29-40)26-17-13-9-11-15-23-33-46-36-44-31-21-7-5-2/h37,40H,4-36H2,1-3H3. The number of unbranched alkanes of at least 4 members (excludes halogenated alkanes) is 15. The molecule has 8 heteroatoms. The van der Waals surface area contributed by atoms with E-state index in [1.807, 2.05) is 0 Å². The van der Waals surface area contributed by atoms with Crippen LogP contribution in [-0.2, 0) is 9.47 Å². The van der Waals surface area contributed by atoms with Gasteiger partial charge in [-0.3, -0.25) is 0 Å². The summed E-state index contributed by atoms with van der Waals surface area (Å²) in [7, 11) is 2.19. The minimum atomic E-state index is -0.336. The molecule has 1 unspecified atom stereocenters. The maximum absolute atomic E-state index is 9.08. The van der Waals surface area contributed by atoms with Gasteiger partial charge in [0.25, 0.3) is 0 Å². The number of hydrogen-bond acceptors (Lipinski definition) is 8. The number of ether oxygens (including phenoxy) is 2. The zero-order chi connectivity index (χ0) is 33.2. The van der Waals surface area contributed by atoms with Gasteiger partial charge in [-0.25, -0.2) is 0 Å². The molecule has 1 aliphatic heterocycles. The lowest BCUT2D eigenvalue weighted by Gasteiger charge is -2.29. The van der Waals surface area contributed by atoms with Crippen LogP contribution in [0.4, 0.5) is 0 Å². The smallest absolute Gasteiger partial charge is 0.168 e. The highest BCUT2D eigenvalue weighted by molar-refractivity contribution is 8.16. The molecule has 0 aromatic rings. The SMILES string of the molecule is CCCCCSCSCCCCCCCCC1(CCCCCCCCSCSCCCCC)OCC(CCN(C)CCCCO)O1. The summed E-state index contributed by atoms with van der Waals surface area (Å²) in [5, 5.41) is 11.6. The highest BCUT2D eigenvalue weighted by Crippen LogP contribution is 2.35. The molecule has 1 saturated heterocycles. The highest BCUT2D eigenvalue weighted by Gasteiger charge is 2.40. The molecule has 276 valence electrons. The molecule has 46 heavy (non-hydrogen) atoms. The van der Waals surface area contributed by atoms with Crippen molar-refractivity contribution in [3.8, 4) is 0 Å². The molecule has 4 nitrogen and oxygen atoms in total. The number of thioether (sulfide) groups is 4. The van der Waals surface area contributed by atoms with Gasteiger partial charge in [-0.05, 0) is 94.4 Å². The Labute approximate surface area is 305 Å². The van der Waals surface area contributed by atoms with Crippen LogP contribution in [0.2, 0.25) is 0 Å². The Morgan fingerprint density at radius 1 is 0.587 bits per heavy atom. The van der Waals surface area contributed by atoms with Crippen LogP contribution in [0, 0.1) is 0 Å². The molecule has 0 amide bonds. The Kier molecular flexibility index (Phi) is 34.1. The topological polar surface area (TPSA) is 41.9 Å². The summed E-state index contributed by atoms with van der Waals surface area (Å²) in [6.07, 6.45) is 29.6. The molecular formula is C38H77NO3S4. The minimum absolute atomic E-state index is 0.227. The molecule has 1 atom stereocenters. The van der Waals surface area contributed by atoms with E-state index in [1.165, 1.54) is 149 Å². The molecule has 0 aromatic heterocycles. The maximum atomic E-state index is 9.08. The molecule has 1 heterocycles. The second-order valence-corrected chi connectivity index (χ2v) is 18.7. The van der Waals surface area contributed by atoms with E-state index in [-0.39, 0.29) is 11.9 Å². The third-order valence-electron chi connectivity index (χ3n) is 9.00. The van der Waals surface area contributed by atoms with Crippen LogP contribution >= 0.6 is 47.0 Å². The van der Waals surface area contributed by atoms with E-state index in [1.54, 1.807) is 0 Å². The van der Waals surface area contributed by atoms with Crippen LogP contribution < -0.4 is 0 Å². The van der Waals surface area contributed by atoms with Crippen molar-refractivity contribution < 1.29 is 14.6 Å². The fourth-order valence-electron chi connectivity index (χ4n) is 5.99. The minimum Gasteiger partial charge on any atom is -0.396 e. The number of nitrogens with zero attached hydrogens (tertiary/aromatic N) is 1. The molecule has 1 fully saturated rings. The van der Waals surface area contributed by atoms with Crippen molar-refractivity contribution in [2.75, 3.05) is 66.5 Å². The number of rotatable bonds is 37. The zero-order valence-corrected chi connectivity index (χ0v) is 34.0.